The summed E-state index contributed by atoms with van der Waals surface area (Å²) in [6.45, 7) is 1.93. The number of hydrogen-bond acceptors (Lipinski definition) is 1. The van der Waals surface area contributed by atoms with Crippen LogP contribution in [-0.4, -0.2) is 11.7 Å². The molecule has 0 fully saturated rings. The van der Waals surface area contributed by atoms with Crippen LogP contribution in [-0.2, 0) is 11.2 Å². The number of aliphatic hydroxyl groups is 1. The first-order chi connectivity index (χ1) is 3.15. The number of aliphatic hydroxyl groups excluding tert-OH is 1. The molecular weight excluding hydrogens is 238 g/mol. The molecule has 1 nitrogen and oxygen atoms in total. The summed E-state index contributed by atoms with van der Waals surface area (Å²) in [7, 11) is 14.7. The standard InChI is InChI=1S/C2H6O.4ClH.Fe/c1-2-3;;;;;/h3H,2H2,1H3;4*1H;/q;;;;;+3/p-3. The average Bonchev–Trinajstić information content (AvgIpc) is 1.33. The van der Waals surface area contributed by atoms with Gasteiger partial charge < -0.3 is 5.11 Å². The summed E-state index contributed by atoms with van der Waals surface area (Å²) in [6.07, 6.45) is 0. The predicted molar refractivity (Wildman–Crippen MR) is 37.6 cm³/mol. The normalized spacial score (nSPS) is 7.88. The van der Waals surface area contributed by atoms with Crippen LogP contribution in [0, 0.1) is 0 Å². The van der Waals surface area contributed by atoms with E-state index < -0.39 is 11.2 Å². The van der Waals surface area contributed by atoms with Gasteiger partial charge >= 0.3 is 41.5 Å². The molecule has 57 valence electrons. The Kier molecular flexibility index (Phi) is 32.3. The second kappa shape index (κ2) is 15.9. The fourth-order valence-electron chi connectivity index (χ4n) is 0. The Hall–Kier alpha value is 1.64. The van der Waals surface area contributed by atoms with E-state index in [4.69, 9.17) is 35.4 Å². The number of rotatable bonds is 0. The molecule has 0 unspecified atom stereocenters. The maximum atomic E-state index is 7.57. The molecule has 8 heavy (non-hydrogen) atoms. The molecule has 0 amide bonds. The maximum absolute atomic E-state index is 7.57. The Morgan fingerprint density at radius 1 is 1.38 bits per heavy atom. The van der Waals surface area contributed by atoms with Crippen molar-refractivity contribution >= 4 is 42.7 Å². The molecule has 0 radical (unpaired) electrons. The Morgan fingerprint density at radius 3 is 1.38 bits per heavy atom. The van der Waals surface area contributed by atoms with Gasteiger partial charge in [-0.2, -0.15) is 0 Å². The third-order valence-corrected chi connectivity index (χ3v) is 0. The molecule has 0 saturated carbocycles. The Labute approximate surface area is 72.3 Å². The molecule has 0 aromatic rings. The first kappa shape index (κ1) is 16.3. The Morgan fingerprint density at radius 2 is 1.38 bits per heavy atom. The van der Waals surface area contributed by atoms with E-state index in [0.29, 0.717) is 0 Å². The van der Waals surface area contributed by atoms with E-state index in [9.17, 15) is 0 Å². The minimum atomic E-state index is -1.33. The monoisotopic (exact) mass is 243 g/mol. The molecule has 0 aliphatic carbocycles. The summed E-state index contributed by atoms with van der Waals surface area (Å²) in [4.78, 5) is 0. The molecule has 0 aromatic carbocycles. The van der Waals surface area contributed by atoms with Crippen LogP contribution in [0.15, 0.2) is 0 Å². The first-order valence-corrected chi connectivity index (χ1v) is 5.98. The molecule has 6 heteroatoms. The van der Waals surface area contributed by atoms with Crippen LogP contribution in [0.4, 0.5) is 0 Å². The molecule has 0 aliphatic heterocycles. The van der Waals surface area contributed by atoms with E-state index in [1.54, 1.807) is 6.92 Å². The predicted octanol–water partition coefficient (Wildman–Crippen LogP) is 2.49. The Balaban J connectivity index is -0.0000000575. The summed E-state index contributed by atoms with van der Waals surface area (Å²) in [5.74, 6) is 0. The van der Waals surface area contributed by atoms with E-state index in [-0.39, 0.29) is 19.0 Å². The summed E-state index contributed by atoms with van der Waals surface area (Å²) >= 11 is -1.33. The van der Waals surface area contributed by atoms with Gasteiger partial charge in [-0.05, 0) is 6.92 Å². The van der Waals surface area contributed by atoms with Crippen LogP contribution in [0.25, 0.3) is 0 Å². The van der Waals surface area contributed by atoms with Crippen LogP contribution in [0.1, 0.15) is 6.92 Å². The van der Waals surface area contributed by atoms with Crippen LogP contribution < -0.4 is 0 Å². The Bertz CT molecular complexity index is 25.2. The van der Waals surface area contributed by atoms with Gasteiger partial charge in [-0.1, -0.05) is 0 Å². The third kappa shape index (κ3) is 125. The SMILES string of the molecule is CCO.Cl.[Cl][Fe]([Cl])[Cl]. The fourth-order valence-corrected chi connectivity index (χ4v) is 0. The molecule has 0 atom stereocenters. The van der Waals surface area contributed by atoms with Gasteiger partial charge in [0.05, 0.1) is 0 Å². The van der Waals surface area contributed by atoms with Crippen molar-refractivity contribution in [2.75, 3.05) is 6.61 Å². The molecule has 0 aromatic heterocycles. The van der Waals surface area contributed by atoms with Crippen molar-refractivity contribution < 1.29 is 16.3 Å². The van der Waals surface area contributed by atoms with Crippen molar-refractivity contribution in [1.29, 1.82) is 0 Å². The van der Waals surface area contributed by atoms with Crippen LogP contribution >= 0.6 is 42.7 Å². The van der Waals surface area contributed by atoms with Gasteiger partial charge in [0.15, 0.2) is 0 Å². The summed E-state index contributed by atoms with van der Waals surface area (Å²) < 4.78 is 0. The average molecular weight is 245 g/mol. The van der Waals surface area contributed by atoms with E-state index in [1.165, 1.54) is 0 Å². The van der Waals surface area contributed by atoms with Gasteiger partial charge in [-0.3, -0.25) is 0 Å². The van der Waals surface area contributed by atoms with Gasteiger partial charge in [-0.15, -0.1) is 12.4 Å². The third-order valence-electron chi connectivity index (χ3n) is 0. The van der Waals surface area contributed by atoms with Crippen molar-refractivity contribution in [1.82, 2.24) is 0 Å². The fraction of sp³-hybridized carbons (Fsp3) is 1.00. The summed E-state index contributed by atoms with van der Waals surface area (Å²) in [5.41, 5.74) is 0. The van der Waals surface area contributed by atoms with Gasteiger partial charge in [0.1, 0.15) is 0 Å². The minimum absolute atomic E-state index is 0. The first-order valence-electron chi connectivity index (χ1n) is 1.42. The molecule has 0 bridgehead atoms. The zero-order valence-electron chi connectivity index (χ0n) is 4.05. The molecule has 0 aliphatic rings. The summed E-state index contributed by atoms with van der Waals surface area (Å²) in [5, 5.41) is 7.57. The van der Waals surface area contributed by atoms with Crippen LogP contribution in [0.3, 0.4) is 0 Å². The quantitative estimate of drug-likeness (QED) is 0.649. The number of halogens is 4. The van der Waals surface area contributed by atoms with Crippen LogP contribution in [0.5, 0.6) is 0 Å². The van der Waals surface area contributed by atoms with E-state index in [1.807, 2.05) is 0 Å². The van der Waals surface area contributed by atoms with Crippen molar-refractivity contribution in [2.45, 2.75) is 6.92 Å². The molecule has 0 heterocycles. The van der Waals surface area contributed by atoms with Gasteiger partial charge in [0, 0.05) is 6.61 Å². The molecule has 0 saturated heterocycles. The second-order valence-corrected chi connectivity index (χ2v) is 5.94. The topological polar surface area (TPSA) is 20.2 Å². The summed E-state index contributed by atoms with van der Waals surface area (Å²) in [6, 6.07) is 0. The second-order valence-electron chi connectivity index (χ2n) is 0.468. The van der Waals surface area contributed by atoms with Crippen molar-refractivity contribution in [3.63, 3.8) is 0 Å². The van der Waals surface area contributed by atoms with Crippen molar-refractivity contribution in [2.24, 2.45) is 0 Å². The van der Waals surface area contributed by atoms with E-state index in [2.05, 4.69) is 0 Å². The zero-order chi connectivity index (χ0) is 6.28. The molecular formula is C2H7Cl4FeO. The van der Waals surface area contributed by atoms with Crippen LogP contribution in [0.2, 0.25) is 0 Å². The molecule has 0 spiro atoms. The van der Waals surface area contributed by atoms with E-state index >= 15 is 0 Å². The van der Waals surface area contributed by atoms with Crippen molar-refractivity contribution in [3.8, 4) is 0 Å². The van der Waals surface area contributed by atoms with E-state index in [0.717, 1.165) is 0 Å². The van der Waals surface area contributed by atoms with Gasteiger partial charge in [0.2, 0.25) is 0 Å². The van der Waals surface area contributed by atoms with Gasteiger partial charge in [-0.25, -0.2) is 0 Å². The van der Waals surface area contributed by atoms with Crippen molar-refractivity contribution in [3.05, 3.63) is 0 Å². The zero-order valence-corrected chi connectivity index (χ0v) is 8.24. The molecule has 1 N–H and O–H groups in total. The van der Waals surface area contributed by atoms with Gasteiger partial charge in [0.25, 0.3) is 0 Å². The number of hydrogen-bond donors (Lipinski definition) is 1. The molecule has 0 rings (SSSR count).